The molecule has 1 fully saturated rings. The van der Waals surface area contributed by atoms with Crippen LogP contribution in [0.1, 0.15) is 13.3 Å². The summed E-state index contributed by atoms with van der Waals surface area (Å²) in [5.74, 6) is 0.773. The smallest absolute Gasteiger partial charge is 0.217 e. The van der Waals surface area contributed by atoms with Crippen LogP contribution in [0.4, 0.5) is 5.82 Å². The van der Waals surface area contributed by atoms with Crippen LogP contribution in [0, 0.1) is 0 Å². The first-order chi connectivity index (χ1) is 8.08. The van der Waals surface area contributed by atoms with Crippen LogP contribution in [0.2, 0.25) is 5.15 Å². The fourth-order valence-corrected chi connectivity index (χ4v) is 2.50. The summed E-state index contributed by atoms with van der Waals surface area (Å²) in [5.41, 5.74) is 0. The van der Waals surface area contributed by atoms with Gasteiger partial charge in [-0.3, -0.25) is 4.79 Å². The highest BCUT2D eigenvalue weighted by molar-refractivity contribution is 9.10. The van der Waals surface area contributed by atoms with Crippen LogP contribution < -0.4 is 10.2 Å². The third kappa shape index (κ3) is 2.87. The van der Waals surface area contributed by atoms with E-state index in [2.05, 4.69) is 36.1 Å². The van der Waals surface area contributed by atoms with Gasteiger partial charge in [0.25, 0.3) is 0 Å². The Hall–Kier alpha value is -0.880. The number of hydrogen-bond donors (Lipinski definition) is 1. The van der Waals surface area contributed by atoms with Gasteiger partial charge in [-0.2, -0.15) is 0 Å². The van der Waals surface area contributed by atoms with Crippen molar-refractivity contribution in [2.75, 3.05) is 18.0 Å². The SMILES string of the molecule is CC(=O)NC1CCN(c2ncnc(Cl)c2Br)C1. The summed E-state index contributed by atoms with van der Waals surface area (Å²) in [6, 6.07) is 0.174. The number of carbonyl (C=O) groups is 1. The van der Waals surface area contributed by atoms with Crippen LogP contribution in [0.25, 0.3) is 0 Å². The minimum atomic E-state index is -0.00312. The number of nitrogens with zero attached hydrogens (tertiary/aromatic N) is 3. The summed E-state index contributed by atoms with van der Waals surface area (Å²) >= 11 is 9.29. The van der Waals surface area contributed by atoms with Crippen LogP contribution in [0.15, 0.2) is 10.8 Å². The molecule has 0 aromatic carbocycles. The molecule has 0 spiro atoms. The van der Waals surface area contributed by atoms with Crippen molar-refractivity contribution >= 4 is 39.3 Å². The highest BCUT2D eigenvalue weighted by Crippen LogP contribution is 2.30. The molecule has 1 aliphatic heterocycles. The quantitative estimate of drug-likeness (QED) is 0.841. The van der Waals surface area contributed by atoms with Gasteiger partial charge in [-0.15, -0.1) is 0 Å². The maximum atomic E-state index is 11.0. The molecule has 1 amide bonds. The molecule has 0 saturated carbocycles. The zero-order chi connectivity index (χ0) is 12.4. The molecule has 1 atom stereocenters. The molecule has 0 bridgehead atoms. The zero-order valence-corrected chi connectivity index (χ0v) is 11.6. The van der Waals surface area contributed by atoms with Crippen LogP contribution in [-0.4, -0.2) is 35.0 Å². The number of carbonyl (C=O) groups excluding carboxylic acids is 1. The van der Waals surface area contributed by atoms with Gasteiger partial charge in [-0.05, 0) is 22.4 Å². The standard InChI is InChI=1S/C10H12BrClN4O/c1-6(17)15-7-2-3-16(4-7)10-8(11)9(12)13-5-14-10/h5,7H,2-4H2,1H3,(H,15,17). The summed E-state index contributed by atoms with van der Waals surface area (Å²) in [5, 5.41) is 3.30. The number of rotatable bonds is 2. The second-order valence-electron chi connectivity index (χ2n) is 3.93. The fraction of sp³-hybridized carbons (Fsp3) is 0.500. The van der Waals surface area contributed by atoms with Gasteiger partial charge in [0.15, 0.2) is 0 Å². The lowest BCUT2D eigenvalue weighted by Gasteiger charge is -2.18. The molecule has 0 radical (unpaired) electrons. The van der Waals surface area contributed by atoms with Crippen molar-refractivity contribution in [3.63, 3.8) is 0 Å². The largest absolute Gasteiger partial charge is 0.353 e. The minimum absolute atomic E-state index is 0.00312. The third-order valence-electron chi connectivity index (χ3n) is 2.62. The maximum absolute atomic E-state index is 11.0. The monoisotopic (exact) mass is 318 g/mol. The molecule has 1 aliphatic rings. The molecule has 0 aliphatic carbocycles. The van der Waals surface area contributed by atoms with Gasteiger partial charge in [0, 0.05) is 26.1 Å². The first-order valence-electron chi connectivity index (χ1n) is 5.26. The summed E-state index contributed by atoms with van der Waals surface area (Å²) in [6.07, 6.45) is 2.35. The van der Waals surface area contributed by atoms with E-state index in [4.69, 9.17) is 11.6 Å². The Morgan fingerprint density at radius 3 is 3.12 bits per heavy atom. The summed E-state index contributed by atoms with van der Waals surface area (Å²) in [6.45, 7) is 3.11. The molecule has 1 unspecified atom stereocenters. The average molecular weight is 320 g/mol. The van der Waals surface area contributed by atoms with E-state index < -0.39 is 0 Å². The summed E-state index contributed by atoms with van der Waals surface area (Å²) in [4.78, 5) is 21.2. The van der Waals surface area contributed by atoms with Gasteiger partial charge in [0.05, 0.1) is 4.47 Å². The number of anilines is 1. The van der Waals surface area contributed by atoms with Crippen LogP contribution in [0.5, 0.6) is 0 Å². The van der Waals surface area contributed by atoms with E-state index in [1.165, 1.54) is 13.3 Å². The normalized spacial score (nSPS) is 19.5. The van der Waals surface area contributed by atoms with Gasteiger partial charge in [-0.1, -0.05) is 11.6 Å². The molecule has 1 aromatic rings. The average Bonchev–Trinajstić information content (AvgIpc) is 2.69. The topological polar surface area (TPSA) is 58.1 Å². The van der Waals surface area contributed by atoms with E-state index in [9.17, 15) is 4.79 Å². The van der Waals surface area contributed by atoms with Gasteiger partial charge >= 0.3 is 0 Å². The van der Waals surface area contributed by atoms with E-state index in [1.54, 1.807) is 0 Å². The van der Waals surface area contributed by atoms with Crippen molar-refractivity contribution < 1.29 is 4.79 Å². The minimum Gasteiger partial charge on any atom is -0.353 e. The lowest BCUT2D eigenvalue weighted by molar-refractivity contribution is -0.119. The molecular weight excluding hydrogens is 307 g/mol. The van der Waals surface area contributed by atoms with Crippen molar-refractivity contribution in [1.82, 2.24) is 15.3 Å². The van der Waals surface area contributed by atoms with E-state index in [-0.39, 0.29) is 11.9 Å². The van der Waals surface area contributed by atoms with Crippen LogP contribution >= 0.6 is 27.5 Å². The number of hydrogen-bond acceptors (Lipinski definition) is 4. The van der Waals surface area contributed by atoms with Gasteiger partial charge in [0.1, 0.15) is 17.3 Å². The van der Waals surface area contributed by atoms with Gasteiger partial charge in [0.2, 0.25) is 5.91 Å². The molecule has 92 valence electrons. The Kier molecular flexibility index (Phi) is 3.83. The predicted octanol–water partition coefficient (Wildman–Crippen LogP) is 1.61. The van der Waals surface area contributed by atoms with Crippen molar-refractivity contribution in [3.05, 3.63) is 16.0 Å². The molecule has 2 heterocycles. The van der Waals surface area contributed by atoms with Gasteiger partial charge in [-0.25, -0.2) is 9.97 Å². The lowest BCUT2D eigenvalue weighted by atomic mass is 10.3. The molecule has 1 N–H and O–H groups in total. The second-order valence-corrected chi connectivity index (χ2v) is 5.09. The Morgan fingerprint density at radius 2 is 2.41 bits per heavy atom. The van der Waals surface area contributed by atoms with E-state index >= 15 is 0 Å². The number of halogens is 2. The lowest BCUT2D eigenvalue weighted by Crippen LogP contribution is -2.35. The summed E-state index contributed by atoms with van der Waals surface area (Å²) < 4.78 is 0.699. The van der Waals surface area contributed by atoms with Crippen molar-refractivity contribution in [3.8, 4) is 0 Å². The van der Waals surface area contributed by atoms with Crippen LogP contribution in [-0.2, 0) is 4.79 Å². The Labute approximate surface area is 113 Å². The Morgan fingerprint density at radius 1 is 1.65 bits per heavy atom. The van der Waals surface area contributed by atoms with E-state index in [1.807, 2.05) is 0 Å². The van der Waals surface area contributed by atoms with Crippen molar-refractivity contribution in [2.45, 2.75) is 19.4 Å². The van der Waals surface area contributed by atoms with Crippen LogP contribution in [0.3, 0.4) is 0 Å². The molecule has 1 aromatic heterocycles. The Balaban J connectivity index is 2.10. The van der Waals surface area contributed by atoms with Gasteiger partial charge < -0.3 is 10.2 Å². The third-order valence-corrected chi connectivity index (χ3v) is 3.87. The highest BCUT2D eigenvalue weighted by atomic mass is 79.9. The highest BCUT2D eigenvalue weighted by Gasteiger charge is 2.26. The maximum Gasteiger partial charge on any atom is 0.217 e. The van der Waals surface area contributed by atoms with E-state index in [0.29, 0.717) is 9.63 Å². The second kappa shape index (κ2) is 5.18. The molecular formula is C10H12BrClN4O. The summed E-state index contributed by atoms with van der Waals surface area (Å²) in [7, 11) is 0. The first-order valence-corrected chi connectivity index (χ1v) is 6.43. The molecule has 17 heavy (non-hydrogen) atoms. The number of amides is 1. The Bertz CT molecular complexity index is 442. The number of aromatic nitrogens is 2. The zero-order valence-electron chi connectivity index (χ0n) is 9.28. The molecule has 2 rings (SSSR count). The molecule has 5 nitrogen and oxygen atoms in total. The first kappa shape index (κ1) is 12.6. The number of nitrogens with one attached hydrogen (secondary N) is 1. The molecule has 1 saturated heterocycles. The molecule has 7 heteroatoms. The van der Waals surface area contributed by atoms with E-state index in [0.717, 1.165) is 25.3 Å². The van der Waals surface area contributed by atoms with Crippen molar-refractivity contribution in [1.29, 1.82) is 0 Å². The fourth-order valence-electron chi connectivity index (χ4n) is 1.92. The predicted molar refractivity (Wildman–Crippen MR) is 69.2 cm³/mol. The van der Waals surface area contributed by atoms with Crippen molar-refractivity contribution in [2.24, 2.45) is 0 Å².